The van der Waals surface area contributed by atoms with E-state index >= 15 is 0 Å². The molecule has 2 fully saturated rings. The molecule has 2 aliphatic heterocycles. The third kappa shape index (κ3) is 3.55. The Labute approximate surface area is 187 Å². The molecule has 0 N–H and O–H groups in total. The second-order valence-corrected chi connectivity index (χ2v) is 8.83. The Morgan fingerprint density at radius 3 is 2.47 bits per heavy atom. The van der Waals surface area contributed by atoms with Crippen LogP contribution in [0.25, 0.3) is 11.1 Å². The van der Waals surface area contributed by atoms with E-state index in [9.17, 15) is 4.39 Å². The number of fused-ring (bicyclic) bond motifs is 2. The maximum absolute atomic E-state index is 13.5. The topological polar surface area (TPSA) is 29.3 Å². The van der Waals surface area contributed by atoms with Gasteiger partial charge in [0.25, 0.3) is 0 Å². The summed E-state index contributed by atoms with van der Waals surface area (Å²) in [6.07, 6.45) is 3.45. The number of halogens is 3. The molecule has 0 amide bonds. The molecule has 3 aromatic rings. The molecule has 2 aliphatic rings. The smallest absolute Gasteiger partial charge is 0.150 e. The third-order valence-electron chi connectivity index (χ3n) is 6.89. The summed E-state index contributed by atoms with van der Waals surface area (Å²) in [7, 11) is 2.23. The average Bonchev–Trinajstić information content (AvgIpc) is 3.19. The van der Waals surface area contributed by atoms with Crippen molar-refractivity contribution in [2.45, 2.75) is 50.1 Å². The highest BCUT2D eigenvalue weighted by atomic mass is 35.5. The summed E-state index contributed by atoms with van der Waals surface area (Å²) in [5, 5.41) is 5.09. The fraction of sp³-hybridized carbons (Fsp3) is 0.375. The zero-order valence-corrected chi connectivity index (χ0v) is 18.6. The maximum atomic E-state index is 13.5. The minimum Gasteiger partial charge on any atom is -0.360 e. The third-order valence-corrected chi connectivity index (χ3v) is 7.14. The van der Waals surface area contributed by atoms with E-state index in [4.69, 9.17) is 16.1 Å². The van der Waals surface area contributed by atoms with Crippen molar-refractivity contribution >= 4 is 24.0 Å². The average molecular weight is 447 g/mol. The van der Waals surface area contributed by atoms with Crippen molar-refractivity contribution in [3.05, 3.63) is 76.4 Å². The van der Waals surface area contributed by atoms with Crippen LogP contribution < -0.4 is 0 Å². The molecular formula is C24H25Cl2FN2O. The number of rotatable bonds is 3. The predicted molar refractivity (Wildman–Crippen MR) is 120 cm³/mol. The van der Waals surface area contributed by atoms with Crippen LogP contribution in [0.4, 0.5) is 4.39 Å². The van der Waals surface area contributed by atoms with Gasteiger partial charge >= 0.3 is 0 Å². The molecule has 2 saturated heterocycles. The van der Waals surface area contributed by atoms with E-state index < -0.39 is 0 Å². The molecule has 30 heavy (non-hydrogen) atoms. The maximum Gasteiger partial charge on any atom is 0.150 e. The highest BCUT2D eigenvalue weighted by molar-refractivity contribution is 6.30. The van der Waals surface area contributed by atoms with Gasteiger partial charge in [-0.15, -0.1) is 12.4 Å². The fourth-order valence-corrected chi connectivity index (χ4v) is 5.59. The Balaban J connectivity index is 0.00000218. The largest absolute Gasteiger partial charge is 0.360 e. The van der Waals surface area contributed by atoms with Crippen LogP contribution in [0.5, 0.6) is 0 Å². The van der Waals surface area contributed by atoms with E-state index in [0.29, 0.717) is 18.0 Å². The van der Waals surface area contributed by atoms with Crippen LogP contribution in [0.15, 0.2) is 53.1 Å². The summed E-state index contributed by atoms with van der Waals surface area (Å²) in [6.45, 7) is 1.97. The first-order valence-corrected chi connectivity index (χ1v) is 10.6. The number of aryl methyl sites for hydroxylation is 1. The lowest BCUT2D eigenvalue weighted by atomic mass is 9.73. The highest BCUT2D eigenvalue weighted by Crippen LogP contribution is 2.53. The highest BCUT2D eigenvalue weighted by Gasteiger charge is 2.49. The number of benzene rings is 2. The van der Waals surface area contributed by atoms with Gasteiger partial charge in [0.2, 0.25) is 0 Å². The van der Waals surface area contributed by atoms with Gasteiger partial charge < -0.3 is 4.52 Å². The lowest BCUT2D eigenvalue weighted by Crippen LogP contribution is -2.44. The molecule has 0 aliphatic carbocycles. The van der Waals surface area contributed by atoms with Gasteiger partial charge in [0.05, 0.1) is 5.69 Å². The summed E-state index contributed by atoms with van der Waals surface area (Å²) >= 11 is 6.15. The van der Waals surface area contributed by atoms with Crippen molar-refractivity contribution in [3.63, 3.8) is 0 Å². The normalized spacial score (nSPS) is 25.9. The van der Waals surface area contributed by atoms with E-state index in [0.717, 1.165) is 40.4 Å². The molecule has 158 valence electrons. The SMILES string of the molecule is Cc1noc([C@@H]2C3CCC(C[C@@H]2c2ccc(Cl)cc2)N3C)c1-c1ccc(F)cc1.Cl. The number of hydrogen-bond acceptors (Lipinski definition) is 3. The second-order valence-electron chi connectivity index (χ2n) is 8.40. The Morgan fingerprint density at radius 2 is 1.77 bits per heavy atom. The summed E-state index contributed by atoms with van der Waals surface area (Å²) in [5.74, 6) is 1.22. The van der Waals surface area contributed by atoms with Gasteiger partial charge in [-0.1, -0.05) is 41.0 Å². The summed E-state index contributed by atoms with van der Waals surface area (Å²) < 4.78 is 19.5. The Hall–Kier alpha value is -1.88. The zero-order chi connectivity index (χ0) is 20.1. The molecule has 3 nitrogen and oxygen atoms in total. The quantitative estimate of drug-likeness (QED) is 0.453. The van der Waals surface area contributed by atoms with E-state index in [1.54, 1.807) is 0 Å². The minimum atomic E-state index is -0.237. The Morgan fingerprint density at radius 1 is 1.07 bits per heavy atom. The van der Waals surface area contributed by atoms with Crippen molar-refractivity contribution in [1.29, 1.82) is 0 Å². The van der Waals surface area contributed by atoms with E-state index in [1.807, 2.05) is 31.2 Å². The monoisotopic (exact) mass is 446 g/mol. The molecular weight excluding hydrogens is 422 g/mol. The lowest BCUT2D eigenvalue weighted by molar-refractivity contribution is 0.122. The van der Waals surface area contributed by atoms with Crippen molar-refractivity contribution in [3.8, 4) is 11.1 Å². The molecule has 2 unspecified atom stereocenters. The first-order valence-electron chi connectivity index (χ1n) is 10.2. The fourth-order valence-electron chi connectivity index (χ4n) is 5.46. The molecule has 0 saturated carbocycles. The molecule has 1 aromatic heterocycles. The number of aromatic nitrogens is 1. The van der Waals surface area contributed by atoms with E-state index in [-0.39, 0.29) is 24.1 Å². The summed E-state index contributed by atoms with van der Waals surface area (Å²) in [4.78, 5) is 2.52. The van der Waals surface area contributed by atoms with Crippen LogP contribution >= 0.6 is 24.0 Å². The lowest BCUT2D eigenvalue weighted by Gasteiger charge is -2.42. The number of nitrogens with zero attached hydrogens (tertiary/aromatic N) is 2. The molecule has 2 bridgehead atoms. The molecule has 3 heterocycles. The van der Waals surface area contributed by atoms with E-state index in [1.165, 1.54) is 24.1 Å². The second kappa shape index (κ2) is 8.33. The van der Waals surface area contributed by atoms with Crippen molar-refractivity contribution in [2.24, 2.45) is 0 Å². The molecule has 0 spiro atoms. The molecule has 6 heteroatoms. The molecule has 5 rings (SSSR count). The van der Waals surface area contributed by atoms with Crippen molar-refractivity contribution < 1.29 is 8.91 Å². The molecule has 0 radical (unpaired) electrons. The van der Waals surface area contributed by atoms with Crippen LogP contribution in [0.2, 0.25) is 5.02 Å². The number of likely N-dealkylation sites (N-methyl/N-ethyl adjacent to an activating group) is 1. The minimum absolute atomic E-state index is 0. The van der Waals surface area contributed by atoms with E-state index in [2.05, 4.69) is 29.2 Å². The van der Waals surface area contributed by atoms with Gasteiger partial charge in [-0.2, -0.15) is 0 Å². The first kappa shape index (κ1) is 21.4. The first-order chi connectivity index (χ1) is 14.0. The van der Waals surface area contributed by atoms with Crippen LogP contribution in [0.3, 0.4) is 0 Å². The van der Waals surface area contributed by atoms with Crippen molar-refractivity contribution in [1.82, 2.24) is 10.1 Å². The summed E-state index contributed by atoms with van der Waals surface area (Å²) in [5.41, 5.74) is 4.11. The van der Waals surface area contributed by atoms with Crippen LogP contribution in [-0.2, 0) is 0 Å². The van der Waals surface area contributed by atoms with Gasteiger partial charge in [0.15, 0.2) is 0 Å². The summed E-state index contributed by atoms with van der Waals surface area (Å²) in [6, 6.07) is 15.9. The van der Waals surface area contributed by atoms with Crippen LogP contribution in [0, 0.1) is 12.7 Å². The number of piperidine rings is 1. The van der Waals surface area contributed by atoms with Gasteiger partial charge in [-0.3, -0.25) is 4.90 Å². The number of hydrogen-bond donors (Lipinski definition) is 0. The van der Waals surface area contributed by atoms with Gasteiger partial charge in [0.1, 0.15) is 11.6 Å². The molecule has 2 aromatic carbocycles. The zero-order valence-electron chi connectivity index (χ0n) is 17.0. The van der Waals surface area contributed by atoms with Crippen LogP contribution in [0.1, 0.15) is 48.1 Å². The predicted octanol–water partition coefficient (Wildman–Crippen LogP) is 6.60. The Bertz CT molecular complexity index is 1020. The molecule has 4 atom stereocenters. The van der Waals surface area contributed by atoms with Gasteiger partial charge in [0, 0.05) is 28.6 Å². The standard InChI is InChI=1S/C24H24ClFN2O.ClH/c1-14-22(16-5-9-18(26)10-6-16)24(29-27-14)23-20(15-3-7-17(25)8-4-15)13-19-11-12-21(23)28(19)2;/h3-10,19-21,23H,11-13H2,1-2H3;1H/t19?,20-,21?,23+;/m1./s1. The van der Waals surface area contributed by atoms with Crippen LogP contribution in [-0.4, -0.2) is 29.2 Å². The van der Waals surface area contributed by atoms with Crippen molar-refractivity contribution in [2.75, 3.05) is 7.05 Å². The van der Waals surface area contributed by atoms with Gasteiger partial charge in [-0.05, 0) is 74.5 Å². The van der Waals surface area contributed by atoms with Gasteiger partial charge in [-0.25, -0.2) is 4.39 Å². The Kier molecular flexibility index (Phi) is 5.93.